The third-order valence-electron chi connectivity index (χ3n) is 4.72. The molecule has 25 heavy (non-hydrogen) atoms. The summed E-state index contributed by atoms with van der Waals surface area (Å²) in [6, 6.07) is 10.7. The highest BCUT2D eigenvalue weighted by Gasteiger charge is 2.29. The molecule has 126 valence electrons. The summed E-state index contributed by atoms with van der Waals surface area (Å²) < 4.78 is 19.2. The number of hydrogen-bond acceptors (Lipinski definition) is 3. The van der Waals surface area contributed by atoms with Crippen molar-refractivity contribution in [2.75, 3.05) is 0 Å². The van der Waals surface area contributed by atoms with Crippen LogP contribution in [0.15, 0.2) is 42.6 Å². The Morgan fingerprint density at radius 3 is 3.04 bits per heavy atom. The van der Waals surface area contributed by atoms with E-state index in [9.17, 15) is 14.2 Å². The van der Waals surface area contributed by atoms with Crippen LogP contribution < -0.4 is 5.46 Å². The van der Waals surface area contributed by atoms with Crippen molar-refractivity contribution >= 4 is 29.3 Å². The van der Waals surface area contributed by atoms with Gasteiger partial charge in [0.05, 0.1) is 12.2 Å². The smallest absolute Gasteiger partial charge is 0.423 e. The van der Waals surface area contributed by atoms with Crippen molar-refractivity contribution in [1.82, 2.24) is 4.98 Å². The van der Waals surface area contributed by atoms with Gasteiger partial charge in [-0.3, -0.25) is 4.79 Å². The molecule has 1 aliphatic heterocycles. The second kappa shape index (κ2) is 6.46. The van der Waals surface area contributed by atoms with Gasteiger partial charge >= 0.3 is 7.12 Å². The first-order chi connectivity index (χ1) is 12.1. The molecule has 0 spiro atoms. The summed E-state index contributed by atoms with van der Waals surface area (Å²) in [5.74, 6) is -0.798. The van der Waals surface area contributed by atoms with Crippen LogP contribution in [0.2, 0.25) is 0 Å². The second-order valence-electron chi connectivity index (χ2n) is 6.33. The lowest BCUT2D eigenvalue weighted by Crippen LogP contribution is -2.29. The lowest BCUT2D eigenvalue weighted by molar-refractivity contribution is 0.0976. The molecule has 4 nitrogen and oxygen atoms in total. The molecule has 3 aromatic rings. The molecular formula is C19H17BFNO3. The Morgan fingerprint density at radius 2 is 2.16 bits per heavy atom. The monoisotopic (exact) mass is 337 g/mol. The molecule has 0 atom stereocenters. The number of fused-ring (bicyclic) bond motifs is 2. The number of nitrogens with one attached hydrogen (secondary N) is 1. The van der Waals surface area contributed by atoms with Crippen molar-refractivity contribution in [2.24, 2.45) is 0 Å². The van der Waals surface area contributed by atoms with Gasteiger partial charge in [-0.1, -0.05) is 18.2 Å². The van der Waals surface area contributed by atoms with Crippen LogP contribution >= 0.6 is 0 Å². The summed E-state index contributed by atoms with van der Waals surface area (Å²) in [5.41, 5.74) is 3.34. The zero-order valence-electron chi connectivity index (χ0n) is 13.6. The lowest BCUT2D eigenvalue weighted by Gasteiger charge is -2.06. The SMILES string of the molecule is O=C(CCCc1c[nH]c2ccccc12)c1cc2c(cc1F)COB2O. The number of H-pyrrole nitrogens is 1. The number of rotatable bonds is 5. The Kier molecular flexibility index (Phi) is 4.15. The summed E-state index contributed by atoms with van der Waals surface area (Å²) in [7, 11) is -1.08. The average molecular weight is 337 g/mol. The molecule has 0 radical (unpaired) electrons. The van der Waals surface area contributed by atoms with E-state index in [-0.39, 0.29) is 24.4 Å². The minimum absolute atomic E-state index is 0.0298. The van der Waals surface area contributed by atoms with Crippen molar-refractivity contribution in [1.29, 1.82) is 0 Å². The number of hydrogen-bond donors (Lipinski definition) is 2. The van der Waals surface area contributed by atoms with Crippen molar-refractivity contribution in [2.45, 2.75) is 25.9 Å². The van der Waals surface area contributed by atoms with Gasteiger partial charge in [0.1, 0.15) is 5.82 Å². The molecule has 0 amide bonds. The van der Waals surface area contributed by atoms with Crippen molar-refractivity contribution in [3.63, 3.8) is 0 Å². The minimum atomic E-state index is -1.08. The van der Waals surface area contributed by atoms with E-state index in [2.05, 4.69) is 4.98 Å². The summed E-state index contributed by atoms with van der Waals surface area (Å²) in [6.45, 7) is 0.169. The molecule has 0 fully saturated rings. The van der Waals surface area contributed by atoms with E-state index >= 15 is 0 Å². The Labute approximate surface area is 144 Å². The fourth-order valence-electron chi connectivity index (χ4n) is 3.37. The molecular weight excluding hydrogens is 320 g/mol. The zero-order valence-corrected chi connectivity index (χ0v) is 13.6. The van der Waals surface area contributed by atoms with Gasteiger partial charge in [0.15, 0.2) is 5.78 Å². The number of benzene rings is 2. The fraction of sp³-hybridized carbons (Fsp3) is 0.211. The Hall–Kier alpha value is -2.44. The molecule has 0 unspecified atom stereocenters. The zero-order chi connectivity index (χ0) is 17.4. The van der Waals surface area contributed by atoms with Crippen LogP contribution in [0.5, 0.6) is 0 Å². The van der Waals surface area contributed by atoms with Crippen LogP contribution in [0.4, 0.5) is 4.39 Å². The fourth-order valence-corrected chi connectivity index (χ4v) is 3.37. The van der Waals surface area contributed by atoms with E-state index in [0.717, 1.165) is 22.9 Å². The number of aromatic nitrogens is 1. The van der Waals surface area contributed by atoms with E-state index in [4.69, 9.17) is 4.65 Å². The number of para-hydroxylation sites is 1. The summed E-state index contributed by atoms with van der Waals surface area (Å²) >= 11 is 0. The van der Waals surface area contributed by atoms with Gasteiger partial charge in [0.2, 0.25) is 0 Å². The van der Waals surface area contributed by atoms with Gasteiger partial charge in [-0.05, 0) is 47.6 Å². The molecule has 1 aromatic heterocycles. The van der Waals surface area contributed by atoms with E-state index in [1.807, 2.05) is 30.5 Å². The van der Waals surface area contributed by atoms with E-state index in [1.165, 1.54) is 12.1 Å². The van der Waals surface area contributed by atoms with Gasteiger partial charge < -0.3 is 14.7 Å². The number of carbonyl (C=O) groups is 1. The molecule has 2 heterocycles. The third kappa shape index (κ3) is 2.99. The highest BCUT2D eigenvalue weighted by atomic mass is 19.1. The van der Waals surface area contributed by atoms with E-state index in [0.29, 0.717) is 17.4 Å². The molecule has 2 aromatic carbocycles. The first kappa shape index (κ1) is 16.1. The van der Waals surface area contributed by atoms with Gasteiger partial charge in [-0.15, -0.1) is 0 Å². The molecule has 0 bridgehead atoms. The summed E-state index contributed by atoms with van der Waals surface area (Å²) in [6.07, 6.45) is 3.59. The summed E-state index contributed by atoms with van der Waals surface area (Å²) in [5, 5.41) is 10.9. The predicted molar refractivity (Wildman–Crippen MR) is 94.4 cm³/mol. The van der Waals surface area contributed by atoms with Crippen LogP contribution in [0.1, 0.15) is 34.3 Å². The molecule has 0 saturated carbocycles. The normalized spacial score (nSPS) is 13.4. The number of carbonyl (C=O) groups excluding carboxylic acids is 1. The van der Waals surface area contributed by atoms with E-state index < -0.39 is 12.9 Å². The van der Waals surface area contributed by atoms with Crippen LogP contribution in [0.25, 0.3) is 10.9 Å². The maximum absolute atomic E-state index is 14.2. The summed E-state index contributed by atoms with van der Waals surface area (Å²) in [4.78, 5) is 15.6. The molecule has 0 aliphatic carbocycles. The van der Waals surface area contributed by atoms with Gasteiger partial charge in [0.25, 0.3) is 0 Å². The topological polar surface area (TPSA) is 62.3 Å². The first-order valence-electron chi connectivity index (χ1n) is 8.33. The van der Waals surface area contributed by atoms with Crippen molar-refractivity contribution in [3.8, 4) is 0 Å². The number of aromatic amines is 1. The van der Waals surface area contributed by atoms with Crippen LogP contribution in [0, 0.1) is 5.82 Å². The average Bonchev–Trinajstić information content (AvgIpc) is 3.18. The maximum Gasteiger partial charge on any atom is 0.491 e. The van der Waals surface area contributed by atoms with Crippen molar-refractivity contribution < 1.29 is 18.9 Å². The number of aryl methyl sites for hydroxylation is 1. The molecule has 4 rings (SSSR count). The van der Waals surface area contributed by atoms with Gasteiger partial charge in [-0.2, -0.15) is 0 Å². The highest BCUT2D eigenvalue weighted by molar-refractivity contribution is 6.61. The third-order valence-corrected chi connectivity index (χ3v) is 4.72. The minimum Gasteiger partial charge on any atom is -0.423 e. The largest absolute Gasteiger partial charge is 0.491 e. The molecule has 1 aliphatic rings. The Balaban J connectivity index is 1.45. The van der Waals surface area contributed by atoms with E-state index in [1.54, 1.807) is 0 Å². The van der Waals surface area contributed by atoms with Gasteiger partial charge in [0, 0.05) is 23.5 Å². The van der Waals surface area contributed by atoms with Crippen LogP contribution in [0.3, 0.4) is 0 Å². The molecule has 2 N–H and O–H groups in total. The van der Waals surface area contributed by atoms with Crippen LogP contribution in [-0.4, -0.2) is 22.9 Å². The first-order valence-corrected chi connectivity index (χ1v) is 8.33. The molecule has 0 saturated heterocycles. The standard InChI is InChI=1S/C19H17BFNO3/c21-17-8-13-11-25-20(24)16(13)9-15(17)19(23)7-3-4-12-10-22-18-6-2-1-5-14(12)18/h1-2,5-6,8-10,22,24H,3-4,7,11H2. The Morgan fingerprint density at radius 1 is 1.32 bits per heavy atom. The quantitative estimate of drug-likeness (QED) is 0.556. The Bertz CT molecular complexity index is 953. The van der Waals surface area contributed by atoms with Crippen LogP contribution in [-0.2, 0) is 17.7 Å². The lowest BCUT2D eigenvalue weighted by atomic mass is 9.78. The van der Waals surface area contributed by atoms with Gasteiger partial charge in [-0.25, -0.2) is 4.39 Å². The predicted octanol–water partition coefficient (Wildman–Crippen LogP) is 2.73. The number of halogens is 1. The molecule has 6 heteroatoms. The second-order valence-corrected chi connectivity index (χ2v) is 6.33. The highest BCUT2D eigenvalue weighted by Crippen LogP contribution is 2.21. The maximum atomic E-state index is 14.2. The number of ketones is 1. The number of Topliss-reactive ketones (excluding diaryl/α,β-unsaturated/α-hetero) is 1. The van der Waals surface area contributed by atoms with Crippen molar-refractivity contribution in [3.05, 3.63) is 65.1 Å².